The van der Waals surface area contributed by atoms with Gasteiger partial charge in [-0.15, -0.1) is 0 Å². The standard InChI is InChI=1S/C23H17F5N4O4/c24-15-3-12(4-16(25)20(15)36-13-1-2-29-17(5-13)23(26,27)28)9-34-18-6-19-31(21(33)30-18)10-22-7-14(35-11-22)8-32(19)22/h1-6,14H,7-11H2/t14-,22+/m0/s1. The third-order valence-corrected chi connectivity index (χ3v) is 6.54. The molecule has 188 valence electrons. The average molecular weight is 508 g/mol. The number of alkyl halides is 3. The smallest absolute Gasteiger partial charge is 0.433 e. The Kier molecular flexibility index (Phi) is 4.97. The summed E-state index contributed by atoms with van der Waals surface area (Å²) >= 11 is 0. The van der Waals surface area contributed by atoms with Crippen molar-refractivity contribution in [3.05, 3.63) is 69.9 Å². The SMILES string of the molecule is O=c1nc(OCc2cc(F)c(Oc3ccnc(C(F)(F)F)c3)c(F)c2)cc2n1C[C@]13CO[C@H](CN21)C3. The Morgan fingerprint density at radius 1 is 1.17 bits per heavy atom. The van der Waals surface area contributed by atoms with Gasteiger partial charge in [0.25, 0.3) is 0 Å². The lowest BCUT2D eigenvalue weighted by Gasteiger charge is -2.32. The lowest BCUT2D eigenvalue weighted by Crippen LogP contribution is -2.46. The molecular formula is C23H17F5N4O4. The van der Waals surface area contributed by atoms with Crippen molar-refractivity contribution in [1.82, 2.24) is 14.5 Å². The topological polar surface area (TPSA) is 78.7 Å². The van der Waals surface area contributed by atoms with Crippen LogP contribution in [0.2, 0.25) is 0 Å². The molecule has 3 aromatic rings. The number of rotatable bonds is 5. The Morgan fingerprint density at radius 2 is 1.94 bits per heavy atom. The number of aromatic nitrogens is 3. The first-order chi connectivity index (χ1) is 17.1. The van der Waals surface area contributed by atoms with Gasteiger partial charge >= 0.3 is 11.9 Å². The molecule has 1 aromatic carbocycles. The molecule has 8 nitrogen and oxygen atoms in total. The van der Waals surface area contributed by atoms with Crippen molar-refractivity contribution in [3.63, 3.8) is 0 Å². The summed E-state index contributed by atoms with van der Waals surface area (Å²) in [5.41, 5.74) is -1.94. The second kappa shape index (κ2) is 7.88. The van der Waals surface area contributed by atoms with Gasteiger partial charge in [-0.25, -0.2) is 13.6 Å². The van der Waals surface area contributed by atoms with Gasteiger partial charge < -0.3 is 19.1 Å². The summed E-state index contributed by atoms with van der Waals surface area (Å²) in [6, 6.07) is 5.05. The lowest BCUT2D eigenvalue weighted by atomic mass is 10.0. The van der Waals surface area contributed by atoms with Crippen molar-refractivity contribution in [2.45, 2.75) is 37.4 Å². The highest BCUT2D eigenvalue weighted by Crippen LogP contribution is 2.46. The summed E-state index contributed by atoms with van der Waals surface area (Å²) in [4.78, 5) is 21.8. The first-order valence-electron chi connectivity index (χ1n) is 10.9. The van der Waals surface area contributed by atoms with Crippen LogP contribution >= 0.6 is 0 Å². The van der Waals surface area contributed by atoms with E-state index < -0.39 is 40.7 Å². The highest BCUT2D eigenvalue weighted by Gasteiger charge is 2.56. The van der Waals surface area contributed by atoms with Crippen LogP contribution in [0.1, 0.15) is 17.7 Å². The minimum atomic E-state index is -4.74. The van der Waals surface area contributed by atoms with Crippen molar-refractivity contribution >= 4 is 5.82 Å². The largest absolute Gasteiger partial charge is 0.473 e. The molecule has 3 aliphatic heterocycles. The Labute approximate surface area is 199 Å². The highest BCUT2D eigenvalue weighted by molar-refractivity contribution is 5.52. The molecule has 13 heteroatoms. The number of halogens is 5. The van der Waals surface area contributed by atoms with E-state index in [2.05, 4.69) is 14.9 Å². The third-order valence-electron chi connectivity index (χ3n) is 6.54. The summed E-state index contributed by atoms with van der Waals surface area (Å²) in [5.74, 6) is -2.92. The van der Waals surface area contributed by atoms with Crippen LogP contribution in [0.5, 0.6) is 17.4 Å². The van der Waals surface area contributed by atoms with E-state index in [9.17, 15) is 26.7 Å². The normalized spacial score (nSPS) is 22.0. The molecule has 0 amide bonds. The van der Waals surface area contributed by atoms with Crippen molar-refractivity contribution < 1.29 is 36.2 Å². The summed E-state index contributed by atoms with van der Waals surface area (Å²) in [6.07, 6.45) is -2.97. The number of hydrogen-bond donors (Lipinski definition) is 0. The molecule has 2 aromatic heterocycles. The van der Waals surface area contributed by atoms with Gasteiger partial charge in [0.05, 0.1) is 24.8 Å². The Balaban J connectivity index is 1.19. The molecule has 3 aliphatic rings. The Hall–Kier alpha value is -3.74. The van der Waals surface area contributed by atoms with E-state index in [4.69, 9.17) is 14.2 Å². The van der Waals surface area contributed by atoms with E-state index in [1.54, 1.807) is 10.6 Å². The monoisotopic (exact) mass is 508 g/mol. The van der Waals surface area contributed by atoms with Gasteiger partial charge in [0.2, 0.25) is 5.88 Å². The molecule has 5 heterocycles. The zero-order valence-electron chi connectivity index (χ0n) is 18.4. The maximum absolute atomic E-state index is 14.6. The minimum Gasteiger partial charge on any atom is -0.473 e. The van der Waals surface area contributed by atoms with Crippen LogP contribution in [0, 0.1) is 11.6 Å². The number of benzene rings is 1. The van der Waals surface area contributed by atoms with Crippen LogP contribution < -0.4 is 20.1 Å². The summed E-state index contributed by atoms with van der Waals surface area (Å²) < 4.78 is 85.5. The van der Waals surface area contributed by atoms with Gasteiger partial charge in [-0.1, -0.05) is 0 Å². The lowest BCUT2D eigenvalue weighted by molar-refractivity contribution is -0.141. The molecule has 0 radical (unpaired) electrons. The van der Waals surface area contributed by atoms with Crippen LogP contribution in [0.25, 0.3) is 0 Å². The molecule has 6 rings (SSSR count). The fraction of sp³-hybridized carbons (Fsp3) is 0.348. The van der Waals surface area contributed by atoms with Crippen LogP contribution in [-0.2, 0) is 24.1 Å². The van der Waals surface area contributed by atoms with Crippen LogP contribution in [0.15, 0.2) is 41.3 Å². The Bertz CT molecular complexity index is 1410. The first-order valence-corrected chi connectivity index (χ1v) is 10.9. The molecule has 1 spiro atoms. The molecule has 0 unspecified atom stereocenters. The van der Waals surface area contributed by atoms with E-state index in [1.165, 1.54) is 0 Å². The maximum atomic E-state index is 14.6. The van der Waals surface area contributed by atoms with Gasteiger partial charge in [0, 0.05) is 31.3 Å². The minimum absolute atomic E-state index is 0.00426. The molecule has 2 bridgehead atoms. The van der Waals surface area contributed by atoms with Gasteiger partial charge in [0.1, 0.15) is 23.9 Å². The number of ether oxygens (including phenoxy) is 3. The Morgan fingerprint density at radius 3 is 2.67 bits per heavy atom. The predicted octanol–water partition coefficient (Wildman–Crippen LogP) is 3.67. The predicted molar refractivity (Wildman–Crippen MR) is 113 cm³/mol. The van der Waals surface area contributed by atoms with Gasteiger partial charge in [-0.2, -0.15) is 18.2 Å². The number of nitrogens with zero attached hydrogens (tertiary/aromatic N) is 4. The van der Waals surface area contributed by atoms with E-state index in [0.29, 0.717) is 31.6 Å². The fourth-order valence-corrected chi connectivity index (χ4v) is 4.96. The number of morpholine rings is 1. The van der Waals surface area contributed by atoms with E-state index in [0.717, 1.165) is 30.8 Å². The van der Waals surface area contributed by atoms with Gasteiger partial charge in [-0.3, -0.25) is 9.55 Å². The molecule has 2 atom stereocenters. The third kappa shape index (κ3) is 3.74. The number of fused-ring (bicyclic) bond motifs is 3. The van der Waals surface area contributed by atoms with Crippen molar-refractivity contribution in [2.24, 2.45) is 0 Å². The molecule has 2 saturated heterocycles. The van der Waals surface area contributed by atoms with Crippen LogP contribution in [0.3, 0.4) is 0 Å². The molecule has 0 aliphatic carbocycles. The average Bonchev–Trinajstić information content (AvgIpc) is 3.48. The van der Waals surface area contributed by atoms with E-state index >= 15 is 0 Å². The van der Waals surface area contributed by atoms with E-state index in [-0.39, 0.29) is 29.7 Å². The second-order valence-electron chi connectivity index (χ2n) is 8.95. The van der Waals surface area contributed by atoms with E-state index in [1.807, 2.05) is 0 Å². The number of hydrogen-bond acceptors (Lipinski definition) is 7. The molecule has 2 fully saturated rings. The quantitative estimate of drug-likeness (QED) is 0.487. The van der Waals surface area contributed by atoms with Gasteiger partial charge in [-0.05, 0) is 23.8 Å². The zero-order chi connectivity index (χ0) is 25.2. The van der Waals surface area contributed by atoms with Gasteiger partial charge in [0.15, 0.2) is 17.4 Å². The molecular weight excluding hydrogens is 491 g/mol. The fourth-order valence-electron chi connectivity index (χ4n) is 4.96. The maximum Gasteiger partial charge on any atom is 0.433 e. The summed E-state index contributed by atoms with van der Waals surface area (Å²) in [7, 11) is 0. The van der Waals surface area contributed by atoms with Crippen molar-refractivity contribution in [1.29, 1.82) is 0 Å². The summed E-state index contributed by atoms with van der Waals surface area (Å²) in [5, 5.41) is 0. The first kappa shape index (κ1) is 22.7. The molecule has 0 saturated carbocycles. The molecule has 36 heavy (non-hydrogen) atoms. The summed E-state index contributed by atoms with van der Waals surface area (Å²) in [6.45, 7) is 1.35. The highest BCUT2D eigenvalue weighted by atomic mass is 19.4. The van der Waals surface area contributed by atoms with Crippen molar-refractivity contribution in [2.75, 3.05) is 18.1 Å². The van der Waals surface area contributed by atoms with Crippen LogP contribution in [0.4, 0.5) is 27.8 Å². The van der Waals surface area contributed by atoms with Crippen molar-refractivity contribution in [3.8, 4) is 17.4 Å². The second-order valence-corrected chi connectivity index (χ2v) is 8.95. The van der Waals surface area contributed by atoms with Crippen LogP contribution in [-0.4, -0.2) is 39.3 Å². The number of anilines is 1. The zero-order valence-corrected chi connectivity index (χ0v) is 18.4. The molecule has 0 N–H and O–H groups in total. The number of pyridine rings is 1.